The van der Waals surface area contributed by atoms with E-state index in [0.717, 1.165) is 44.1 Å². The van der Waals surface area contributed by atoms with Crippen molar-refractivity contribution in [2.75, 3.05) is 13.2 Å². The number of rotatable bonds is 39. The van der Waals surface area contributed by atoms with E-state index in [-0.39, 0.29) is 43.5 Å². The number of carbonyl (C=O) groups is 6. The van der Waals surface area contributed by atoms with E-state index < -0.39 is 54.3 Å². The zero-order valence-corrected chi connectivity index (χ0v) is 44.4. The summed E-state index contributed by atoms with van der Waals surface area (Å²) in [6.07, 6.45) is 28.5. The molecule has 0 fully saturated rings. The Kier molecular flexibility index (Phi) is 34.0. The molecule has 4 atom stereocenters. The van der Waals surface area contributed by atoms with Crippen molar-refractivity contribution in [3.05, 3.63) is 58.6 Å². The molecular formula is C57H90O14. The molecule has 14 heteroatoms. The molecule has 0 saturated heterocycles. The van der Waals surface area contributed by atoms with Gasteiger partial charge >= 0.3 is 35.8 Å². The molecule has 1 aromatic carbocycles. The predicted octanol–water partition coefficient (Wildman–Crippen LogP) is 13.1. The SMILES string of the molecule is CCCCCCCCCCCCCCCC(=O)OC[C@H](OC(C)=O)[C@H]1OC(=O)C(C)=C1O.CCCCCCCCCCCCCCCC(=O)OC[C@H](OC(C)=O)[C@H]1OC(=O)C(C)=C1OCc1ccccc1. The summed E-state index contributed by atoms with van der Waals surface area (Å²) in [5.74, 6) is -3.15. The summed E-state index contributed by atoms with van der Waals surface area (Å²) in [4.78, 5) is 71.3. The molecular weight excluding hydrogens is 909 g/mol. The van der Waals surface area contributed by atoms with Crippen LogP contribution < -0.4 is 0 Å². The second-order valence-electron chi connectivity index (χ2n) is 19.1. The van der Waals surface area contributed by atoms with Gasteiger partial charge in [-0.25, -0.2) is 9.59 Å². The fourth-order valence-electron chi connectivity index (χ4n) is 8.43. The summed E-state index contributed by atoms with van der Waals surface area (Å²) in [5.41, 5.74) is 1.29. The maximum atomic E-state index is 12.4. The van der Waals surface area contributed by atoms with Crippen LogP contribution >= 0.6 is 0 Å². The van der Waals surface area contributed by atoms with Crippen molar-refractivity contribution in [3.8, 4) is 0 Å². The summed E-state index contributed by atoms with van der Waals surface area (Å²) < 4.78 is 37.5. The highest BCUT2D eigenvalue weighted by Gasteiger charge is 2.42. The van der Waals surface area contributed by atoms with Crippen LogP contribution in [0.1, 0.15) is 227 Å². The van der Waals surface area contributed by atoms with E-state index >= 15 is 0 Å². The molecule has 2 aliphatic heterocycles. The second kappa shape index (κ2) is 38.8. The minimum Gasteiger partial charge on any atom is -0.508 e. The van der Waals surface area contributed by atoms with Crippen LogP contribution in [0.2, 0.25) is 0 Å². The molecule has 1 aromatic rings. The maximum Gasteiger partial charge on any atom is 0.338 e. The largest absolute Gasteiger partial charge is 0.508 e. The van der Waals surface area contributed by atoms with Crippen LogP contribution in [-0.4, -0.2) is 78.6 Å². The highest BCUT2D eigenvalue weighted by atomic mass is 16.6. The lowest BCUT2D eigenvalue weighted by atomic mass is 10.0. The fourth-order valence-corrected chi connectivity index (χ4v) is 8.43. The van der Waals surface area contributed by atoms with Gasteiger partial charge in [0.1, 0.15) is 25.6 Å². The van der Waals surface area contributed by atoms with Gasteiger partial charge < -0.3 is 38.3 Å². The number of aliphatic hydroxyl groups excluding tert-OH is 1. The Balaban J connectivity index is 0.000000497. The van der Waals surface area contributed by atoms with Gasteiger partial charge in [0.05, 0.1) is 11.1 Å². The molecule has 2 aliphatic rings. The molecule has 402 valence electrons. The molecule has 0 spiro atoms. The predicted molar refractivity (Wildman–Crippen MR) is 273 cm³/mol. The Morgan fingerprint density at radius 3 is 1.24 bits per heavy atom. The molecule has 1 N–H and O–H groups in total. The topological polar surface area (TPSA) is 187 Å². The average molecular weight is 999 g/mol. The van der Waals surface area contributed by atoms with Crippen LogP contribution in [-0.2, 0) is 68.5 Å². The number of cyclic esters (lactones) is 2. The fraction of sp³-hybridized carbons (Fsp3) is 0.719. The standard InChI is InChI=1S/C32H48O7.C25H42O7/c1-4-5-6-7-8-9-10-11-12-13-14-15-19-22-29(34)36-24-28(38-26(3)33)31-30(25(2)32(35)39-31)37-23-27-20-17-16-18-21-27;1-4-5-6-7-8-9-10-11-12-13-14-15-16-17-22(27)30-18-21(31-20(3)26)24-23(28)19(2)25(29)32-24/h16-18,20-21,28,31H,4-15,19,22-24H2,1-3H3;21,24,28H,4-18H2,1-3H3/t28-,31+;21-,24+/m00/s1. The lowest BCUT2D eigenvalue weighted by molar-refractivity contribution is -0.169. The molecule has 3 rings (SSSR count). The molecule has 0 bridgehead atoms. The first-order valence-electron chi connectivity index (χ1n) is 27.1. The third kappa shape index (κ3) is 28.1. The minimum atomic E-state index is -1.14. The van der Waals surface area contributed by atoms with Gasteiger partial charge in [-0.05, 0) is 32.3 Å². The van der Waals surface area contributed by atoms with Crippen molar-refractivity contribution in [1.82, 2.24) is 0 Å². The van der Waals surface area contributed by atoms with Crippen LogP contribution in [0.25, 0.3) is 0 Å². The molecule has 2 heterocycles. The smallest absolute Gasteiger partial charge is 0.338 e. The van der Waals surface area contributed by atoms with E-state index in [4.69, 9.17) is 33.2 Å². The highest BCUT2D eigenvalue weighted by Crippen LogP contribution is 2.29. The molecule has 71 heavy (non-hydrogen) atoms. The summed E-state index contributed by atoms with van der Waals surface area (Å²) >= 11 is 0. The van der Waals surface area contributed by atoms with Gasteiger partial charge in [-0.2, -0.15) is 0 Å². The van der Waals surface area contributed by atoms with Gasteiger partial charge in [0.15, 0.2) is 30.2 Å². The van der Waals surface area contributed by atoms with Gasteiger partial charge in [-0.3, -0.25) is 19.2 Å². The summed E-state index contributed by atoms with van der Waals surface area (Å²) in [5, 5.41) is 10.0. The number of benzene rings is 1. The van der Waals surface area contributed by atoms with Gasteiger partial charge in [-0.15, -0.1) is 0 Å². The Hall–Kier alpha value is -4.88. The van der Waals surface area contributed by atoms with Gasteiger partial charge in [-0.1, -0.05) is 198 Å². The second-order valence-corrected chi connectivity index (χ2v) is 19.1. The number of unbranched alkanes of at least 4 members (excludes halogenated alkanes) is 24. The lowest BCUT2D eigenvalue weighted by Gasteiger charge is -2.24. The number of aliphatic hydroxyl groups is 1. The maximum absolute atomic E-state index is 12.4. The van der Waals surface area contributed by atoms with Crippen molar-refractivity contribution in [2.45, 2.75) is 252 Å². The average Bonchev–Trinajstić information content (AvgIpc) is 3.78. The monoisotopic (exact) mass is 999 g/mol. The van der Waals surface area contributed by atoms with Gasteiger partial charge in [0, 0.05) is 26.7 Å². The van der Waals surface area contributed by atoms with Crippen LogP contribution in [0.15, 0.2) is 53.0 Å². The van der Waals surface area contributed by atoms with Crippen LogP contribution in [0.3, 0.4) is 0 Å². The van der Waals surface area contributed by atoms with Crippen LogP contribution in [0.4, 0.5) is 0 Å². The number of ether oxygens (including phenoxy) is 7. The Morgan fingerprint density at radius 2 is 0.873 bits per heavy atom. The molecule has 0 saturated carbocycles. The van der Waals surface area contributed by atoms with E-state index in [9.17, 15) is 33.9 Å². The lowest BCUT2D eigenvalue weighted by Crippen LogP contribution is -2.38. The van der Waals surface area contributed by atoms with Crippen LogP contribution in [0, 0.1) is 0 Å². The van der Waals surface area contributed by atoms with Crippen LogP contribution in [0.5, 0.6) is 0 Å². The highest BCUT2D eigenvalue weighted by molar-refractivity contribution is 5.91. The first-order valence-corrected chi connectivity index (χ1v) is 27.1. The van der Waals surface area contributed by atoms with E-state index in [2.05, 4.69) is 13.8 Å². The number of carbonyl (C=O) groups excluding carboxylic acids is 6. The van der Waals surface area contributed by atoms with Gasteiger partial charge in [0.2, 0.25) is 0 Å². The van der Waals surface area contributed by atoms with Crippen molar-refractivity contribution in [1.29, 1.82) is 0 Å². The molecule has 0 unspecified atom stereocenters. The zero-order chi connectivity index (χ0) is 52.1. The Bertz CT molecular complexity index is 1750. The van der Waals surface area contributed by atoms with Crippen molar-refractivity contribution in [3.63, 3.8) is 0 Å². The first-order chi connectivity index (χ1) is 34.3. The summed E-state index contributed by atoms with van der Waals surface area (Å²) in [6.45, 7) is 9.73. The first kappa shape index (κ1) is 62.2. The zero-order valence-electron chi connectivity index (χ0n) is 44.4. The van der Waals surface area contributed by atoms with E-state index in [1.807, 2.05) is 30.3 Å². The molecule has 0 aromatic heterocycles. The number of esters is 6. The molecule has 14 nitrogen and oxygen atoms in total. The van der Waals surface area contributed by atoms with E-state index in [0.29, 0.717) is 17.8 Å². The third-order valence-corrected chi connectivity index (χ3v) is 12.7. The van der Waals surface area contributed by atoms with Crippen molar-refractivity contribution in [2.24, 2.45) is 0 Å². The minimum absolute atomic E-state index is 0.0606. The van der Waals surface area contributed by atoms with E-state index in [1.165, 1.54) is 149 Å². The molecule has 0 radical (unpaired) electrons. The number of hydrogen-bond acceptors (Lipinski definition) is 14. The summed E-state index contributed by atoms with van der Waals surface area (Å²) in [7, 11) is 0. The van der Waals surface area contributed by atoms with Crippen molar-refractivity contribution < 1.29 is 67.0 Å². The number of hydrogen-bond donors (Lipinski definition) is 1. The normalized spacial score (nSPS) is 16.1. The Morgan fingerprint density at radius 1 is 0.521 bits per heavy atom. The molecule has 0 amide bonds. The Labute approximate surface area is 425 Å². The molecule has 0 aliphatic carbocycles. The quantitative estimate of drug-likeness (QED) is 0.0373. The third-order valence-electron chi connectivity index (χ3n) is 12.7. The van der Waals surface area contributed by atoms with Crippen molar-refractivity contribution >= 4 is 35.8 Å². The van der Waals surface area contributed by atoms with E-state index in [1.54, 1.807) is 6.92 Å². The summed E-state index contributed by atoms with van der Waals surface area (Å²) in [6, 6.07) is 9.51. The van der Waals surface area contributed by atoms with Gasteiger partial charge in [0.25, 0.3) is 0 Å².